The molecule has 0 aliphatic rings. The number of aromatic nitrogens is 4. The van der Waals surface area contributed by atoms with Crippen LogP contribution in [0.2, 0.25) is 0 Å². The summed E-state index contributed by atoms with van der Waals surface area (Å²) in [6.07, 6.45) is 0. The van der Waals surface area contributed by atoms with Crippen LogP contribution in [0.15, 0.2) is 27.8 Å². The monoisotopic (exact) mass is 299 g/mol. The molecule has 0 fully saturated rings. The van der Waals surface area contributed by atoms with E-state index in [1.807, 2.05) is 25.2 Å². The lowest BCUT2D eigenvalue weighted by molar-refractivity contribution is 0.664. The molecule has 0 spiro atoms. The van der Waals surface area contributed by atoms with Crippen molar-refractivity contribution in [1.29, 1.82) is 0 Å². The second kappa shape index (κ2) is 4.84. The number of thioether (sulfide) groups is 1. The summed E-state index contributed by atoms with van der Waals surface area (Å²) in [4.78, 5) is 0. The molecule has 2 N–H and O–H groups in total. The van der Waals surface area contributed by atoms with Crippen molar-refractivity contribution in [3.63, 3.8) is 0 Å². The fraction of sp³-hybridized carbons (Fsp3) is 0.222. The molecule has 2 rings (SSSR count). The van der Waals surface area contributed by atoms with Gasteiger partial charge in [0.2, 0.25) is 5.16 Å². The smallest absolute Gasteiger partial charge is 0.209 e. The Hall–Kier alpha value is -1.08. The normalized spacial score (nSPS) is 10.6. The Kier molecular flexibility index (Phi) is 3.45. The third kappa shape index (κ3) is 2.53. The lowest BCUT2D eigenvalue weighted by Crippen LogP contribution is -1.95. The Morgan fingerprint density at radius 3 is 2.94 bits per heavy atom. The highest BCUT2D eigenvalue weighted by Gasteiger charge is 2.05. The molecule has 16 heavy (non-hydrogen) atoms. The van der Waals surface area contributed by atoms with Crippen molar-refractivity contribution in [3.05, 3.63) is 28.2 Å². The average Bonchev–Trinajstić information content (AvgIpc) is 2.63. The molecule has 0 amide bonds. The summed E-state index contributed by atoms with van der Waals surface area (Å²) < 4.78 is 2.62. The SMILES string of the molecule is Cn1nnnc1SCc1ccc(Br)cc1N. The van der Waals surface area contributed by atoms with Crippen LogP contribution in [0.4, 0.5) is 5.69 Å². The van der Waals surface area contributed by atoms with Crippen LogP contribution in [0.3, 0.4) is 0 Å². The molecule has 0 bridgehead atoms. The molecule has 7 heteroatoms. The van der Waals surface area contributed by atoms with Crippen molar-refractivity contribution in [3.8, 4) is 0 Å². The molecule has 0 saturated heterocycles. The topological polar surface area (TPSA) is 69.6 Å². The van der Waals surface area contributed by atoms with Gasteiger partial charge in [-0.05, 0) is 28.1 Å². The highest BCUT2D eigenvalue weighted by Crippen LogP contribution is 2.25. The standard InChI is InChI=1S/C9H10BrN5S/c1-15-9(12-13-14-15)16-5-6-2-3-7(10)4-8(6)11/h2-4H,5,11H2,1H3. The van der Waals surface area contributed by atoms with Gasteiger partial charge in [-0.15, -0.1) is 5.10 Å². The first-order valence-corrected chi connectivity index (χ1v) is 6.34. The maximum Gasteiger partial charge on any atom is 0.209 e. The van der Waals surface area contributed by atoms with Crippen molar-refractivity contribution in [2.75, 3.05) is 5.73 Å². The van der Waals surface area contributed by atoms with Gasteiger partial charge in [-0.2, -0.15) is 0 Å². The fourth-order valence-electron chi connectivity index (χ4n) is 1.18. The molecular formula is C9H10BrN5S. The molecule has 5 nitrogen and oxygen atoms in total. The van der Waals surface area contributed by atoms with E-state index < -0.39 is 0 Å². The Morgan fingerprint density at radius 1 is 1.50 bits per heavy atom. The Labute approximate surface area is 106 Å². The molecule has 1 aromatic heterocycles. The van der Waals surface area contributed by atoms with E-state index in [0.717, 1.165) is 26.6 Å². The molecule has 0 aliphatic carbocycles. The van der Waals surface area contributed by atoms with E-state index in [-0.39, 0.29) is 0 Å². The third-order valence-corrected chi connectivity index (χ3v) is 3.60. The maximum absolute atomic E-state index is 5.90. The van der Waals surface area contributed by atoms with Crippen molar-refractivity contribution in [2.45, 2.75) is 10.9 Å². The molecule has 2 aromatic rings. The summed E-state index contributed by atoms with van der Waals surface area (Å²) in [6, 6.07) is 5.86. The second-order valence-corrected chi connectivity index (χ2v) is 5.08. The molecule has 84 valence electrons. The molecule has 0 radical (unpaired) electrons. The van der Waals surface area contributed by atoms with Crippen molar-refractivity contribution in [2.24, 2.45) is 7.05 Å². The van der Waals surface area contributed by atoms with Crippen molar-refractivity contribution >= 4 is 33.4 Å². The lowest BCUT2D eigenvalue weighted by atomic mass is 10.2. The third-order valence-electron chi connectivity index (χ3n) is 2.05. The fourth-order valence-corrected chi connectivity index (χ4v) is 2.43. The number of rotatable bonds is 3. The van der Waals surface area contributed by atoms with E-state index in [1.54, 1.807) is 16.4 Å². The predicted octanol–water partition coefficient (Wildman–Crippen LogP) is 1.85. The van der Waals surface area contributed by atoms with Crippen molar-refractivity contribution in [1.82, 2.24) is 20.2 Å². The number of halogens is 1. The number of anilines is 1. The van der Waals surface area contributed by atoms with Gasteiger partial charge < -0.3 is 5.73 Å². The van der Waals surface area contributed by atoms with Gasteiger partial charge in [0.15, 0.2) is 0 Å². The molecular weight excluding hydrogens is 290 g/mol. The summed E-state index contributed by atoms with van der Waals surface area (Å²) in [5.41, 5.74) is 7.75. The van der Waals surface area contributed by atoms with Crippen LogP contribution in [0.25, 0.3) is 0 Å². The van der Waals surface area contributed by atoms with Crippen LogP contribution in [0.1, 0.15) is 5.56 Å². The minimum absolute atomic E-state index is 0.757. The summed E-state index contributed by atoms with van der Waals surface area (Å²) in [5, 5.41) is 12.0. The zero-order chi connectivity index (χ0) is 11.5. The Morgan fingerprint density at radius 2 is 2.31 bits per heavy atom. The molecule has 0 atom stereocenters. The van der Waals surface area contributed by atoms with Gasteiger partial charge in [-0.3, -0.25) is 0 Å². The Balaban J connectivity index is 2.08. The molecule has 0 unspecified atom stereocenters. The highest BCUT2D eigenvalue weighted by molar-refractivity contribution is 9.10. The number of nitrogens with two attached hydrogens (primary N) is 1. The zero-order valence-corrected chi connectivity index (χ0v) is 11.0. The van der Waals surface area contributed by atoms with E-state index in [1.165, 1.54) is 0 Å². The number of hydrogen-bond acceptors (Lipinski definition) is 5. The number of aryl methyl sites for hydroxylation is 1. The second-order valence-electron chi connectivity index (χ2n) is 3.22. The van der Waals surface area contributed by atoms with Crippen LogP contribution < -0.4 is 5.73 Å². The van der Waals surface area contributed by atoms with Crippen LogP contribution in [0, 0.1) is 0 Å². The van der Waals surface area contributed by atoms with E-state index in [9.17, 15) is 0 Å². The zero-order valence-electron chi connectivity index (χ0n) is 8.59. The van der Waals surface area contributed by atoms with Gasteiger partial charge >= 0.3 is 0 Å². The quantitative estimate of drug-likeness (QED) is 0.692. The highest BCUT2D eigenvalue weighted by atomic mass is 79.9. The van der Waals surface area contributed by atoms with Crippen LogP contribution >= 0.6 is 27.7 Å². The summed E-state index contributed by atoms with van der Waals surface area (Å²) in [5.74, 6) is 0.757. The first-order valence-electron chi connectivity index (χ1n) is 4.56. The van der Waals surface area contributed by atoms with Gasteiger partial charge in [0.05, 0.1) is 0 Å². The molecule has 1 heterocycles. The first-order chi connectivity index (χ1) is 7.66. The van der Waals surface area contributed by atoms with E-state index in [2.05, 4.69) is 31.5 Å². The maximum atomic E-state index is 5.90. The minimum atomic E-state index is 0.757. The summed E-state index contributed by atoms with van der Waals surface area (Å²) in [7, 11) is 1.81. The number of benzene rings is 1. The summed E-state index contributed by atoms with van der Waals surface area (Å²) >= 11 is 4.93. The summed E-state index contributed by atoms with van der Waals surface area (Å²) in [6.45, 7) is 0. The number of nitrogen functional groups attached to an aromatic ring is 1. The van der Waals surface area contributed by atoms with Gasteiger partial charge in [0.1, 0.15) is 0 Å². The van der Waals surface area contributed by atoms with E-state index in [4.69, 9.17) is 5.73 Å². The van der Waals surface area contributed by atoms with Gasteiger partial charge in [-0.1, -0.05) is 33.8 Å². The average molecular weight is 300 g/mol. The minimum Gasteiger partial charge on any atom is -0.398 e. The lowest BCUT2D eigenvalue weighted by Gasteiger charge is -2.04. The van der Waals surface area contributed by atoms with Crippen molar-refractivity contribution < 1.29 is 0 Å². The van der Waals surface area contributed by atoms with Crippen LogP contribution in [-0.4, -0.2) is 20.2 Å². The predicted molar refractivity (Wildman–Crippen MR) is 66.9 cm³/mol. The number of hydrogen-bond donors (Lipinski definition) is 1. The number of tetrazole rings is 1. The van der Waals surface area contributed by atoms with Crippen LogP contribution in [0.5, 0.6) is 0 Å². The molecule has 0 aliphatic heterocycles. The first kappa shape index (κ1) is 11.4. The van der Waals surface area contributed by atoms with E-state index in [0.29, 0.717) is 0 Å². The molecule has 0 saturated carbocycles. The number of nitrogens with zero attached hydrogens (tertiary/aromatic N) is 4. The van der Waals surface area contributed by atoms with Gasteiger partial charge in [0.25, 0.3) is 0 Å². The Bertz CT molecular complexity index is 498. The van der Waals surface area contributed by atoms with E-state index >= 15 is 0 Å². The molecule has 1 aromatic carbocycles. The van der Waals surface area contributed by atoms with Gasteiger partial charge in [-0.25, -0.2) is 4.68 Å². The largest absolute Gasteiger partial charge is 0.398 e. The van der Waals surface area contributed by atoms with Crippen LogP contribution in [-0.2, 0) is 12.8 Å². The van der Waals surface area contributed by atoms with Gasteiger partial charge in [0, 0.05) is 23.0 Å².